The van der Waals surface area contributed by atoms with E-state index < -0.39 is 34.1 Å². The predicted molar refractivity (Wildman–Crippen MR) is 159 cm³/mol. The first-order valence-electron chi connectivity index (χ1n) is 12.7. The topological polar surface area (TPSA) is 86.8 Å². The molecule has 0 spiro atoms. The van der Waals surface area contributed by atoms with Crippen molar-refractivity contribution in [2.24, 2.45) is 0 Å². The molecule has 208 valence electrons. The molecule has 0 saturated carbocycles. The number of nitrogens with zero attached hydrogens (tertiary/aromatic N) is 2. The largest absolute Gasteiger partial charge is 0.350 e. The van der Waals surface area contributed by atoms with Crippen LogP contribution in [0.15, 0.2) is 82.2 Å². The van der Waals surface area contributed by atoms with Crippen LogP contribution in [-0.2, 0) is 26.2 Å². The van der Waals surface area contributed by atoms with Gasteiger partial charge in [-0.25, -0.2) is 8.42 Å². The highest BCUT2D eigenvalue weighted by atomic mass is 79.9. The minimum Gasteiger partial charge on any atom is -0.350 e. The molecule has 3 aromatic rings. The van der Waals surface area contributed by atoms with Gasteiger partial charge < -0.3 is 10.2 Å². The number of rotatable bonds is 9. The molecule has 0 aliphatic rings. The highest BCUT2D eigenvalue weighted by Crippen LogP contribution is 2.26. The van der Waals surface area contributed by atoms with E-state index in [9.17, 15) is 18.0 Å². The summed E-state index contributed by atoms with van der Waals surface area (Å²) in [6.07, 6.45) is 0. The fourth-order valence-electron chi connectivity index (χ4n) is 4.04. The second kappa shape index (κ2) is 12.3. The Balaban J connectivity index is 2.04. The SMILES string of the molecule is Cc1ccc(S(=O)(=O)N(CC(=O)N(Cc2cccc(Br)c2)[C@H](C)C(=O)NC(C)(C)C)c2cccc(C)c2)cc1. The molecule has 9 heteroatoms. The molecule has 0 aliphatic carbocycles. The number of carbonyl (C=O) groups excluding carboxylic acids is 2. The van der Waals surface area contributed by atoms with Gasteiger partial charge in [0.25, 0.3) is 10.0 Å². The van der Waals surface area contributed by atoms with Crippen LogP contribution >= 0.6 is 15.9 Å². The summed E-state index contributed by atoms with van der Waals surface area (Å²) in [7, 11) is -4.09. The van der Waals surface area contributed by atoms with Gasteiger partial charge in [0, 0.05) is 16.6 Å². The molecule has 0 fully saturated rings. The molecule has 0 unspecified atom stereocenters. The summed E-state index contributed by atoms with van der Waals surface area (Å²) < 4.78 is 29.7. The van der Waals surface area contributed by atoms with E-state index in [0.717, 1.165) is 25.5 Å². The Hall–Kier alpha value is -3.17. The van der Waals surface area contributed by atoms with Gasteiger partial charge in [-0.05, 0) is 89.1 Å². The summed E-state index contributed by atoms with van der Waals surface area (Å²) >= 11 is 3.46. The molecular weight excluding hydrogens is 578 g/mol. The van der Waals surface area contributed by atoms with Crippen molar-refractivity contribution < 1.29 is 18.0 Å². The third-order valence-corrected chi connectivity index (χ3v) is 8.37. The van der Waals surface area contributed by atoms with Gasteiger partial charge in [0.1, 0.15) is 12.6 Å². The molecule has 0 saturated heterocycles. The second-order valence-corrected chi connectivity index (χ2v) is 13.5. The lowest BCUT2D eigenvalue weighted by Gasteiger charge is -2.33. The lowest BCUT2D eigenvalue weighted by atomic mass is 10.1. The van der Waals surface area contributed by atoms with Gasteiger partial charge >= 0.3 is 0 Å². The number of carbonyl (C=O) groups is 2. The van der Waals surface area contributed by atoms with E-state index in [4.69, 9.17) is 0 Å². The van der Waals surface area contributed by atoms with Gasteiger partial charge in [0.05, 0.1) is 10.6 Å². The molecule has 0 aromatic heterocycles. The van der Waals surface area contributed by atoms with Crippen molar-refractivity contribution in [3.05, 3.63) is 94.0 Å². The van der Waals surface area contributed by atoms with E-state index in [1.54, 1.807) is 37.3 Å². The summed E-state index contributed by atoms with van der Waals surface area (Å²) in [4.78, 5) is 28.6. The van der Waals surface area contributed by atoms with Crippen LogP contribution in [0.1, 0.15) is 44.4 Å². The molecule has 0 heterocycles. The van der Waals surface area contributed by atoms with Crippen molar-refractivity contribution in [2.45, 2.75) is 64.6 Å². The highest BCUT2D eigenvalue weighted by molar-refractivity contribution is 9.10. The molecule has 0 aliphatic heterocycles. The van der Waals surface area contributed by atoms with E-state index in [0.29, 0.717) is 5.69 Å². The minimum atomic E-state index is -4.09. The number of aryl methyl sites for hydroxylation is 2. The second-order valence-electron chi connectivity index (χ2n) is 10.7. The van der Waals surface area contributed by atoms with Crippen molar-refractivity contribution in [2.75, 3.05) is 10.8 Å². The first kappa shape index (κ1) is 30.4. The summed E-state index contributed by atoms with van der Waals surface area (Å²) in [5, 5.41) is 2.93. The zero-order valence-corrected chi connectivity index (χ0v) is 25.6. The number of halogens is 1. The number of hydrogen-bond acceptors (Lipinski definition) is 4. The van der Waals surface area contributed by atoms with Crippen LogP contribution in [-0.4, -0.2) is 43.3 Å². The normalized spacial score (nSPS) is 12.5. The van der Waals surface area contributed by atoms with Crippen LogP contribution in [0.5, 0.6) is 0 Å². The van der Waals surface area contributed by atoms with Crippen LogP contribution in [0.25, 0.3) is 0 Å². The molecule has 3 rings (SSSR count). The third-order valence-electron chi connectivity index (χ3n) is 6.08. The van der Waals surface area contributed by atoms with Crippen LogP contribution < -0.4 is 9.62 Å². The van der Waals surface area contributed by atoms with E-state index in [1.807, 2.05) is 65.0 Å². The number of benzene rings is 3. The molecule has 0 bridgehead atoms. The molecule has 2 amide bonds. The Bertz CT molecular complexity index is 1430. The molecular formula is C30H36BrN3O4S. The quantitative estimate of drug-likeness (QED) is 0.341. The van der Waals surface area contributed by atoms with Crippen molar-refractivity contribution in [1.29, 1.82) is 0 Å². The van der Waals surface area contributed by atoms with Gasteiger partial charge in [-0.1, -0.05) is 57.9 Å². The Kier molecular flexibility index (Phi) is 9.61. The van der Waals surface area contributed by atoms with Gasteiger partial charge in [0.15, 0.2) is 0 Å². The first-order valence-corrected chi connectivity index (χ1v) is 14.9. The van der Waals surface area contributed by atoms with Gasteiger partial charge in [0.2, 0.25) is 11.8 Å². The number of amides is 2. The molecule has 1 N–H and O–H groups in total. The monoisotopic (exact) mass is 613 g/mol. The Morgan fingerprint density at radius 1 is 0.923 bits per heavy atom. The number of hydrogen-bond donors (Lipinski definition) is 1. The fraction of sp³-hybridized carbons (Fsp3) is 0.333. The molecule has 39 heavy (non-hydrogen) atoms. The maximum Gasteiger partial charge on any atom is 0.264 e. The van der Waals surface area contributed by atoms with E-state index in [1.165, 1.54) is 17.0 Å². The Labute approximate surface area is 240 Å². The predicted octanol–water partition coefficient (Wildman–Crippen LogP) is 5.59. The van der Waals surface area contributed by atoms with Gasteiger partial charge in [-0.3, -0.25) is 13.9 Å². The van der Waals surface area contributed by atoms with Crippen molar-refractivity contribution in [3.8, 4) is 0 Å². The zero-order chi connectivity index (χ0) is 29.0. The minimum absolute atomic E-state index is 0.0828. The molecule has 1 atom stereocenters. The van der Waals surface area contributed by atoms with Crippen molar-refractivity contribution in [1.82, 2.24) is 10.2 Å². The maximum absolute atomic E-state index is 14.0. The first-order chi connectivity index (χ1) is 18.2. The number of anilines is 1. The van der Waals surface area contributed by atoms with Crippen LogP contribution in [0, 0.1) is 13.8 Å². The third kappa shape index (κ3) is 8.16. The number of nitrogens with one attached hydrogen (secondary N) is 1. The standard InChI is InChI=1S/C30H36BrN3O4S/c1-21-13-15-27(16-14-21)39(37,38)34(26-12-7-9-22(2)17-26)20-28(35)33(19-24-10-8-11-25(31)18-24)23(3)29(36)32-30(4,5)6/h7-18,23H,19-20H2,1-6H3,(H,32,36)/t23-/m1/s1. The van der Waals surface area contributed by atoms with Crippen LogP contribution in [0.4, 0.5) is 5.69 Å². The highest BCUT2D eigenvalue weighted by Gasteiger charge is 2.33. The average Bonchev–Trinajstić information content (AvgIpc) is 2.84. The molecule has 3 aromatic carbocycles. The van der Waals surface area contributed by atoms with Crippen molar-refractivity contribution in [3.63, 3.8) is 0 Å². The van der Waals surface area contributed by atoms with Crippen molar-refractivity contribution >= 4 is 43.5 Å². The smallest absolute Gasteiger partial charge is 0.264 e. The van der Waals surface area contributed by atoms with E-state index >= 15 is 0 Å². The Morgan fingerprint density at radius 3 is 2.15 bits per heavy atom. The maximum atomic E-state index is 14.0. The zero-order valence-electron chi connectivity index (χ0n) is 23.2. The average molecular weight is 615 g/mol. The van der Waals surface area contributed by atoms with Crippen LogP contribution in [0.3, 0.4) is 0 Å². The van der Waals surface area contributed by atoms with Gasteiger partial charge in [-0.15, -0.1) is 0 Å². The van der Waals surface area contributed by atoms with Crippen LogP contribution in [0.2, 0.25) is 0 Å². The Morgan fingerprint density at radius 2 is 1.56 bits per heavy atom. The lowest BCUT2D eigenvalue weighted by Crippen LogP contribution is -2.54. The fourth-order valence-corrected chi connectivity index (χ4v) is 5.89. The molecule has 0 radical (unpaired) electrons. The summed E-state index contributed by atoms with van der Waals surface area (Å²) in [6, 6.07) is 20.1. The number of sulfonamides is 1. The van der Waals surface area contributed by atoms with E-state index in [-0.39, 0.29) is 17.3 Å². The lowest BCUT2D eigenvalue weighted by molar-refractivity contribution is -0.140. The van der Waals surface area contributed by atoms with E-state index in [2.05, 4.69) is 21.2 Å². The van der Waals surface area contributed by atoms with Gasteiger partial charge in [-0.2, -0.15) is 0 Å². The summed E-state index contributed by atoms with van der Waals surface area (Å²) in [6.45, 7) is 10.7. The molecule has 7 nitrogen and oxygen atoms in total. The summed E-state index contributed by atoms with van der Waals surface area (Å²) in [5.74, 6) is -0.821. The summed E-state index contributed by atoms with van der Waals surface area (Å²) in [5.41, 5.74) is 2.45.